The van der Waals surface area contributed by atoms with Crippen molar-refractivity contribution in [2.75, 3.05) is 6.54 Å². The van der Waals surface area contributed by atoms with Crippen molar-refractivity contribution in [2.24, 2.45) is 0 Å². The first kappa shape index (κ1) is 12.8. The number of nitrogens with one attached hydrogen (secondary N) is 1. The van der Waals surface area contributed by atoms with E-state index in [2.05, 4.69) is 9.88 Å². The molecule has 1 amide bonds. The van der Waals surface area contributed by atoms with Crippen molar-refractivity contribution in [1.29, 1.82) is 0 Å². The van der Waals surface area contributed by atoms with E-state index in [0.717, 1.165) is 10.9 Å². The molecule has 0 aliphatic heterocycles. The van der Waals surface area contributed by atoms with Gasteiger partial charge >= 0.3 is 0 Å². The van der Waals surface area contributed by atoms with Gasteiger partial charge in [-0.2, -0.15) is 0 Å². The largest absolute Gasteiger partial charge is 0.459 e. The summed E-state index contributed by atoms with van der Waals surface area (Å²) in [6.07, 6.45) is 3.47. The van der Waals surface area contributed by atoms with Gasteiger partial charge in [-0.3, -0.25) is 4.79 Å². The van der Waals surface area contributed by atoms with Crippen LogP contribution in [0.25, 0.3) is 10.9 Å². The highest BCUT2D eigenvalue weighted by molar-refractivity contribution is 6.31. The molecule has 0 atom stereocenters. The van der Waals surface area contributed by atoms with Crippen LogP contribution in [0.5, 0.6) is 0 Å². The Kier molecular flexibility index (Phi) is 3.48. The maximum Gasteiger partial charge on any atom is 0.287 e. The number of rotatable bonds is 4. The molecule has 0 spiro atoms. The van der Waals surface area contributed by atoms with Crippen molar-refractivity contribution in [2.45, 2.75) is 6.54 Å². The Morgan fingerprint density at radius 3 is 3.00 bits per heavy atom. The maximum absolute atomic E-state index is 11.7. The molecule has 0 aliphatic carbocycles. The Morgan fingerprint density at radius 2 is 2.20 bits per heavy atom. The van der Waals surface area contributed by atoms with Crippen molar-refractivity contribution in [3.63, 3.8) is 0 Å². The van der Waals surface area contributed by atoms with E-state index in [1.54, 1.807) is 12.1 Å². The average molecular weight is 289 g/mol. The molecule has 0 bridgehead atoms. The molecule has 2 aromatic heterocycles. The van der Waals surface area contributed by atoms with Gasteiger partial charge in [-0.15, -0.1) is 0 Å². The number of halogens is 1. The van der Waals surface area contributed by atoms with Crippen LogP contribution >= 0.6 is 11.6 Å². The number of hydrogen-bond donors (Lipinski definition) is 1. The predicted molar refractivity (Wildman–Crippen MR) is 78.0 cm³/mol. The second kappa shape index (κ2) is 5.43. The molecule has 0 saturated heterocycles. The number of furan rings is 1. The quantitative estimate of drug-likeness (QED) is 0.800. The van der Waals surface area contributed by atoms with Gasteiger partial charge in [0.1, 0.15) is 0 Å². The van der Waals surface area contributed by atoms with E-state index < -0.39 is 0 Å². The Morgan fingerprint density at radius 1 is 1.30 bits per heavy atom. The summed E-state index contributed by atoms with van der Waals surface area (Å²) in [7, 11) is 0. The van der Waals surface area contributed by atoms with Gasteiger partial charge in [-0.1, -0.05) is 17.7 Å². The van der Waals surface area contributed by atoms with Crippen LogP contribution in [-0.2, 0) is 6.54 Å². The predicted octanol–water partition coefficient (Wildman–Crippen LogP) is 3.32. The molecule has 20 heavy (non-hydrogen) atoms. The summed E-state index contributed by atoms with van der Waals surface area (Å²) in [5, 5.41) is 4.65. The number of amides is 1. The monoisotopic (exact) mass is 288 g/mol. The van der Waals surface area contributed by atoms with Gasteiger partial charge in [0.25, 0.3) is 5.91 Å². The number of fused-ring (bicyclic) bond motifs is 1. The fourth-order valence-corrected chi connectivity index (χ4v) is 2.30. The van der Waals surface area contributed by atoms with Crippen LogP contribution < -0.4 is 5.32 Å². The van der Waals surface area contributed by atoms with Crippen molar-refractivity contribution < 1.29 is 9.21 Å². The third-order valence-corrected chi connectivity index (χ3v) is 3.35. The van der Waals surface area contributed by atoms with Gasteiger partial charge in [-0.05, 0) is 35.7 Å². The van der Waals surface area contributed by atoms with Crippen molar-refractivity contribution in [3.05, 3.63) is 59.6 Å². The van der Waals surface area contributed by atoms with E-state index in [1.807, 2.05) is 30.5 Å². The number of aromatic nitrogens is 1. The first-order valence-corrected chi connectivity index (χ1v) is 6.68. The molecule has 3 aromatic rings. The Bertz CT molecular complexity index is 732. The molecule has 3 rings (SSSR count). The van der Waals surface area contributed by atoms with Gasteiger partial charge in [-0.25, -0.2) is 0 Å². The first-order valence-electron chi connectivity index (χ1n) is 6.30. The highest BCUT2D eigenvalue weighted by atomic mass is 35.5. The topological polar surface area (TPSA) is 47.2 Å². The molecule has 1 N–H and O–H groups in total. The molecular formula is C15H13ClN2O2. The second-order valence-corrected chi connectivity index (χ2v) is 4.88. The molecular weight excluding hydrogens is 276 g/mol. The second-order valence-electron chi connectivity index (χ2n) is 4.45. The lowest BCUT2D eigenvalue weighted by Gasteiger charge is -2.06. The summed E-state index contributed by atoms with van der Waals surface area (Å²) in [6, 6.07) is 11.1. The zero-order valence-electron chi connectivity index (χ0n) is 10.7. The Hall–Kier alpha value is -2.20. The van der Waals surface area contributed by atoms with Gasteiger partial charge in [0.2, 0.25) is 0 Å². The minimum atomic E-state index is -0.204. The van der Waals surface area contributed by atoms with E-state index in [-0.39, 0.29) is 5.91 Å². The molecule has 0 fully saturated rings. The Balaban J connectivity index is 1.65. The third-order valence-electron chi connectivity index (χ3n) is 3.12. The summed E-state index contributed by atoms with van der Waals surface area (Å²) in [5.41, 5.74) is 1.06. The summed E-state index contributed by atoms with van der Waals surface area (Å²) in [5.74, 6) is 0.120. The summed E-state index contributed by atoms with van der Waals surface area (Å²) in [6.45, 7) is 1.20. The minimum Gasteiger partial charge on any atom is -0.459 e. The van der Waals surface area contributed by atoms with Crippen molar-refractivity contribution >= 4 is 28.4 Å². The van der Waals surface area contributed by atoms with Crippen LogP contribution in [0, 0.1) is 0 Å². The fourth-order valence-electron chi connectivity index (χ4n) is 2.14. The standard InChI is InChI=1S/C15H13ClN2O2/c16-12-4-3-11-5-7-18(13(11)10-12)8-6-17-15(19)14-2-1-9-20-14/h1-5,7,9-10H,6,8H2,(H,17,19). The number of nitrogens with zero attached hydrogens (tertiary/aromatic N) is 1. The summed E-state index contributed by atoms with van der Waals surface area (Å²) in [4.78, 5) is 11.7. The van der Waals surface area contributed by atoms with E-state index >= 15 is 0 Å². The van der Waals surface area contributed by atoms with E-state index in [9.17, 15) is 4.79 Å². The number of carbonyl (C=O) groups is 1. The number of carbonyl (C=O) groups excluding carboxylic acids is 1. The zero-order valence-corrected chi connectivity index (χ0v) is 11.4. The highest BCUT2D eigenvalue weighted by Gasteiger charge is 2.07. The lowest BCUT2D eigenvalue weighted by atomic mass is 10.2. The van der Waals surface area contributed by atoms with Gasteiger partial charge in [0.05, 0.1) is 6.26 Å². The molecule has 0 aliphatic rings. The molecule has 1 aromatic carbocycles. The smallest absolute Gasteiger partial charge is 0.287 e. The minimum absolute atomic E-state index is 0.204. The zero-order chi connectivity index (χ0) is 13.9. The van der Waals surface area contributed by atoms with Crippen LogP contribution in [0.3, 0.4) is 0 Å². The first-order chi connectivity index (χ1) is 9.74. The molecule has 5 heteroatoms. The number of hydrogen-bond acceptors (Lipinski definition) is 2. The lowest BCUT2D eigenvalue weighted by Crippen LogP contribution is -2.26. The lowest BCUT2D eigenvalue weighted by molar-refractivity contribution is 0.0924. The van der Waals surface area contributed by atoms with Crippen LogP contribution in [0.4, 0.5) is 0 Å². The molecule has 4 nitrogen and oxygen atoms in total. The SMILES string of the molecule is O=C(NCCn1ccc2ccc(Cl)cc21)c1ccco1. The normalized spacial score (nSPS) is 10.8. The van der Waals surface area contributed by atoms with Crippen molar-refractivity contribution in [1.82, 2.24) is 9.88 Å². The van der Waals surface area contributed by atoms with Crippen LogP contribution in [-0.4, -0.2) is 17.0 Å². The molecule has 0 saturated carbocycles. The summed E-state index contributed by atoms with van der Waals surface area (Å²) < 4.78 is 7.09. The molecule has 0 radical (unpaired) electrons. The highest BCUT2D eigenvalue weighted by Crippen LogP contribution is 2.20. The number of benzene rings is 1. The van der Waals surface area contributed by atoms with Crippen LogP contribution in [0.1, 0.15) is 10.6 Å². The average Bonchev–Trinajstić information content (AvgIpc) is 3.08. The summed E-state index contributed by atoms with van der Waals surface area (Å²) >= 11 is 6.00. The van der Waals surface area contributed by atoms with E-state index in [4.69, 9.17) is 16.0 Å². The van der Waals surface area contributed by atoms with Gasteiger partial charge in [0.15, 0.2) is 5.76 Å². The van der Waals surface area contributed by atoms with E-state index in [1.165, 1.54) is 6.26 Å². The molecule has 102 valence electrons. The third kappa shape index (κ3) is 2.56. The Labute approximate surface area is 120 Å². The molecule has 0 unspecified atom stereocenters. The van der Waals surface area contributed by atoms with Gasteiger partial charge < -0.3 is 14.3 Å². The van der Waals surface area contributed by atoms with Crippen LogP contribution in [0.2, 0.25) is 5.02 Å². The fraction of sp³-hybridized carbons (Fsp3) is 0.133. The van der Waals surface area contributed by atoms with Crippen LogP contribution in [0.15, 0.2) is 53.3 Å². The maximum atomic E-state index is 11.7. The van der Waals surface area contributed by atoms with Gasteiger partial charge in [0, 0.05) is 29.8 Å². The van der Waals surface area contributed by atoms with E-state index in [0.29, 0.717) is 23.9 Å². The molecule has 2 heterocycles. The van der Waals surface area contributed by atoms with Crippen molar-refractivity contribution in [3.8, 4) is 0 Å².